The Labute approximate surface area is 122 Å². The third kappa shape index (κ3) is 1.96. The summed E-state index contributed by atoms with van der Waals surface area (Å²) in [4.78, 5) is 12.7. The van der Waals surface area contributed by atoms with E-state index < -0.39 is 0 Å². The molecule has 3 aromatic heterocycles. The zero-order valence-electron chi connectivity index (χ0n) is 12.0. The molecular formula is C17H15N4+. The highest BCUT2D eigenvalue weighted by Crippen LogP contribution is 2.27. The molecule has 0 bridgehead atoms. The van der Waals surface area contributed by atoms with Crippen molar-refractivity contribution in [1.82, 2.24) is 15.0 Å². The molecular weight excluding hydrogens is 260 g/mol. The fourth-order valence-electron chi connectivity index (χ4n) is 2.69. The number of nitrogens with one attached hydrogen (secondary N) is 1. The van der Waals surface area contributed by atoms with Crippen LogP contribution in [0.3, 0.4) is 0 Å². The monoisotopic (exact) mass is 275 g/mol. The van der Waals surface area contributed by atoms with Gasteiger partial charge in [0, 0.05) is 22.7 Å². The van der Waals surface area contributed by atoms with Gasteiger partial charge in [0.15, 0.2) is 12.4 Å². The van der Waals surface area contributed by atoms with Crippen molar-refractivity contribution in [1.29, 1.82) is 0 Å². The summed E-state index contributed by atoms with van der Waals surface area (Å²) in [6.07, 6.45) is 4.05. The molecule has 4 aromatic rings. The predicted octanol–water partition coefficient (Wildman–Crippen LogP) is 2.91. The van der Waals surface area contributed by atoms with E-state index in [4.69, 9.17) is 4.98 Å². The summed E-state index contributed by atoms with van der Waals surface area (Å²) >= 11 is 0. The van der Waals surface area contributed by atoms with Crippen molar-refractivity contribution in [3.05, 3.63) is 54.5 Å². The number of para-hydroxylation sites is 1. The third-order valence-corrected chi connectivity index (χ3v) is 3.66. The van der Waals surface area contributed by atoms with E-state index in [0.717, 1.165) is 39.0 Å². The largest absolute Gasteiger partial charge is 0.333 e. The Morgan fingerprint density at radius 3 is 2.81 bits per heavy atom. The summed E-state index contributed by atoms with van der Waals surface area (Å²) < 4.78 is 2.01. The lowest BCUT2D eigenvalue weighted by Crippen LogP contribution is -2.25. The Balaban J connectivity index is 2.03. The number of H-pyrrole nitrogens is 1. The minimum atomic E-state index is 0.887. The van der Waals surface area contributed by atoms with Gasteiger partial charge < -0.3 is 4.98 Å². The van der Waals surface area contributed by atoms with Gasteiger partial charge in [0.05, 0.1) is 5.52 Å². The fraction of sp³-hybridized carbons (Fsp3) is 0.118. The second kappa shape index (κ2) is 4.38. The van der Waals surface area contributed by atoms with Crippen LogP contribution in [0.1, 0.15) is 5.69 Å². The van der Waals surface area contributed by atoms with Crippen LogP contribution in [0.4, 0.5) is 0 Å². The average Bonchev–Trinajstić information content (AvgIpc) is 2.89. The van der Waals surface area contributed by atoms with E-state index in [2.05, 4.69) is 22.1 Å². The minimum absolute atomic E-state index is 0.887. The van der Waals surface area contributed by atoms with Crippen LogP contribution < -0.4 is 4.57 Å². The van der Waals surface area contributed by atoms with Crippen molar-refractivity contribution in [2.75, 3.05) is 0 Å². The highest BCUT2D eigenvalue weighted by Gasteiger charge is 2.11. The maximum atomic E-state index is 4.72. The molecule has 4 heteroatoms. The number of imidazole rings is 1. The lowest BCUT2D eigenvalue weighted by Gasteiger charge is -2.05. The van der Waals surface area contributed by atoms with Gasteiger partial charge in [-0.15, -0.1) is 0 Å². The van der Waals surface area contributed by atoms with E-state index in [0.29, 0.717) is 0 Å². The van der Waals surface area contributed by atoms with Crippen LogP contribution in [0.5, 0.6) is 0 Å². The third-order valence-electron chi connectivity index (χ3n) is 3.66. The van der Waals surface area contributed by atoms with Crippen molar-refractivity contribution in [2.45, 2.75) is 6.92 Å². The molecule has 3 heterocycles. The second-order valence-corrected chi connectivity index (χ2v) is 5.32. The number of rotatable bonds is 1. The first-order chi connectivity index (χ1) is 10.2. The number of aromatic nitrogens is 4. The average molecular weight is 275 g/mol. The van der Waals surface area contributed by atoms with E-state index in [1.54, 1.807) is 0 Å². The molecule has 0 saturated heterocycles. The SMILES string of the molecule is Cc1cc(-c2nc3cc[n+](C)cc3[nH]2)c2ccccc2n1. The van der Waals surface area contributed by atoms with Crippen molar-refractivity contribution in [2.24, 2.45) is 7.05 Å². The Morgan fingerprint density at radius 1 is 1.05 bits per heavy atom. The van der Waals surface area contributed by atoms with E-state index in [9.17, 15) is 0 Å². The highest BCUT2D eigenvalue weighted by atomic mass is 15.0. The molecule has 0 aliphatic rings. The number of hydrogen-bond donors (Lipinski definition) is 1. The summed E-state index contributed by atoms with van der Waals surface area (Å²) in [5.74, 6) is 0.887. The first-order valence-electron chi connectivity index (χ1n) is 6.92. The fourth-order valence-corrected chi connectivity index (χ4v) is 2.69. The molecule has 21 heavy (non-hydrogen) atoms. The summed E-state index contributed by atoms with van der Waals surface area (Å²) in [7, 11) is 2.01. The van der Waals surface area contributed by atoms with Gasteiger partial charge in [0.2, 0.25) is 0 Å². The molecule has 4 rings (SSSR count). The first-order valence-corrected chi connectivity index (χ1v) is 6.92. The molecule has 0 fully saturated rings. The van der Waals surface area contributed by atoms with Crippen LogP contribution in [-0.4, -0.2) is 15.0 Å². The quantitative estimate of drug-likeness (QED) is 0.543. The van der Waals surface area contributed by atoms with Crippen molar-refractivity contribution in [3.8, 4) is 11.4 Å². The van der Waals surface area contributed by atoms with Gasteiger partial charge in [-0.05, 0) is 19.1 Å². The van der Waals surface area contributed by atoms with Gasteiger partial charge in [-0.3, -0.25) is 4.98 Å². The number of fused-ring (bicyclic) bond motifs is 2. The molecule has 1 aromatic carbocycles. The van der Waals surface area contributed by atoms with E-state index in [1.807, 2.05) is 55.2 Å². The first kappa shape index (κ1) is 12.0. The maximum absolute atomic E-state index is 4.72. The van der Waals surface area contributed by atoms with Crippen LogP contribution in [0.15, 0.2) is 48.8 Å². The molecule has 0 unspecified atom stereocenters. The summed E-state index contributed by atoms with van der Waals surface area (Å²) in [5.41, 5.74) is 5.10. The number of pyridine rings is 2. The van der Waals surface area contributed by atoms with Crippen LogP contribution in [0.2, 0.25) is 0 Å². The molecule has 0 amide bonds. The summed E-state index contributed by atoms with van der Waals surface area (Å²) in [6, 6.07) is 12.3. The number of nitrogens with zero attached hydrogens (tertiary/aromatic N) is 3. The summed E-state index contributed by atoms with van der Waals surface area (Å²) in [6.45, 7) is 2.01. The number of aromatic amines is 1. The van der Waals surface area contributed by atoms with Gasteiger partial charge >= 0.3 is 0 Å². The summed E-state index contributed by atoms with van der Waals surface area (Å²) in [5, 5.41) is 1.12. The van der Waals surface area contributed by atoms with Crippen molar-refractivity contribution in [3.63, 3.8) is 0 Å². The van der Waals surface area contributed by atoms with E-state index in [1.165, 1.54) is 0 Å². The molecule has 0 radical (unpaired) electrons. The van der Waals surface area contributed by atoms with Gasteiger partial charge in [-0.1, -0.05) is 18.2 Å². The second-order valence-electron chi connectivity index (χ2n) is 5.32. The maximum Gasteiger partial charge on any atom is 0.194 e. The zero-order chi connectivity index (χ0) is 14.4. The normalized spacial score (nSPS) is 11.3. The van der Waals surface area contributed by atoms with E-state index in [-0.39, 0.29) is 0 Å². The van der Waals surface area contributed by atoms with E-state index >= 15 is 0 Å². The van der Waals surface area contributed by atoms with Gasteiger partial charge in [0.25, 0.3) is 0 Å². The minimum Gasteiger partial charge on any atom is -0.333 e. The lowest BCUT2D eigenvalue weighted by molar-refractivity contribution is -0.670. The Bertz CT molecular complexity index is 969. The lowest BCUT2D eigenvalue weighted by atomic mass is 10.1. The molecule has 0 saturated carbocycles. The van der Waals surface area contributed by atoms with Crippen LogP contribution in [-0.2, 0) is 7.05 Å². The van der Waals surface area contributed by atoms with Gasteiger partial charge in [0.1, 0.15) is 23.9 Å². The van der Waals surface area contributed by atoms with Gasteiger partial charge in [-0.2, -0.15) is 0 Å². The topological polar surface area (TPSA) is 45.5 Å². The molecule has 0 aliphatic heterocycles. The molecule has 102 valence electrons. The number of aryl methyl sites for hydroxylation is 2. The smallest absolute Gasteiger partial charge is 0.194 e. The number of hydrogen-bond acceptors (Lipinski definition) is 2. The Hall–Kier alpha value is -2.75. The molecule has 1 N–H and O–H groups in total. The predicted molar refractivity (Wildman–Crippen MR) is 82.7 cm³/mol. The Morgan fingerprint density at radius 2 is 1.90 bits per heavy atom. The Kier molecular flexibility index (Phi) is 2.51. The molecule has 4 nitrogen and oxygen atoms in total. The molecule has 0 atom stereocenters. The molecule has 0 spiro atoms. The number of benzene rings is 1. The van der Waals surface area contributed by atoms with Crippen LogP contribution >= 0.6 is 0 Å². The van der Waals surface area contributed by atoms with Crippen LogP contribution in [0.25, 0.3) is 33.3 Å². The van der Waals surface area contributed by atoms with Crippen molar-refractivity contribution < 1.29 is 4.57 Å². The highest BCUT2D eigenvalue weighted by molar-refractivity contribution is 5.94. The molecule has 0 aliphatic carbocycles. The zero-order valence-corrected chi connectivity index (χ0v) is 12.0. The van der Waals surface area contributed by atoms with Crippen LogP contribution in [0, 0.1) is 6.92 Å². The standard InChI is InChI=1S/C17H14N4/c1-11-9-13(12-5-3-4-6-14(12)18-11)17-19-15-7-8-21(2)10-16(15)20-17/h3-10H,1-2H3/p+1. The van der Waals surface area contributed by atoms with Crippen molar-refractivity contribution >= 4 is 21.9 Å². The van der Waals surface area contributed by atoms with Gasteiger partial charge in [-0.25, -0.2) is 9.55 Å².